The van der Waals surface area contributed by atoms with Crippen LogP contribution in [0.15, 0.2) is 27.4 Å². The normalized spacial score (nSPS) is 23.1. The minimum atomic E-state index is -0.395. The first kappa shape index (κ1) is 12.2. The summed E-state index contributed by atoms with van der Waals surface area (Å²) in [5.74, 6) is 0.353. The van der Waals surface area contributed by atoms with Crippen molar-refractivity contribution < 1.29 is 9.21 Å². The van der Waals surface area contributed by atoms with Crippen LogP contribution < -0.4 is 5.76 Å². The third-order valence-electron chi connectivity index (χ3n) is 4.28. The Bertz CT molecular complexity index is 695. The molecule has 1 aliphatic carbocycles. The van der Waals surface area contributed by atoms with Crippen molar-refractivity contribution in [2.45, 2.75) is 26.2 Å². The Morgan fingerprint density at radius 1 is 1.37 bits per heavy atom. The van der Waals surface area contributed by atoms with Crippen LogP contribution in [-0.4, -0.2) is 10.4 Å². The van der Waals surface area contributed by atoms with Crippen LogP contribution in [0.25, 0.3) is 11.1 Å². The van der Waals surface area contributed by atoms with Gasteiger partial charge < -0.3 is 4.42 Å². The highest BCUT2D eigenvalue weighted by atomic mass is 16.4. The number of carbonyl (C=O) groups excluding carboxylic acids is 1. The molecule has 1 heterocycles. The van der Waals surface area contributed by atoms with Gasteiger partial charge in [-0.15, -0.1) is 0 Å². The van der Waals surface area contributed by atoms with Crippen molar-refractivity contribution in [2.24, 2.45) is 18.9 Å². The molecule has 4 nitrogen and oxygen atoms in total. The first-order chi connectivity index (χ1) is 9.08. The lowest BCUT2D eigenvalue weighted by molar-refractivity contribution is 0.0897. The highest BCUT2D eigenvalue weighted by Gasteiger charge is 2.30. The Morgan fingerprint density at radius 2 is 2.16 bits per heavy atom. The van der Waals surface area contributed by atoms with E-state index in [1.54, 1.807) is 25.2 Å². The summed E-state index contributed by atoms with van der Waals surface area (Å²) in [6.07, 6.45) is 3.22. The maximum Gasteiger partial charge on any atom is 0.419 e. The Labute approximate surface area is 111 Å². The van der Waals surface area contributed by atoms with Crippen LogP contribution in [0.3, 0.4) is 0 Å². The van der Waals surface area contributed by atoms with Crippen molar-refractivity contribution in [3.8, 4) is 0 Å². The number of hydrogen-bond acceptors (Lipinski definition) is 3. The number of carbonyl (C=O) groups is 1. The Kier molecular flexibility index (Phi) is 2.81. The second-order valence-electron chi connectivity index (χ2n) is 5.49. The summed E-state index contributed by atoms with van der Waals surface area (Å²) < 4.78 is 6.58. The molecule has 1 fully saturated rings. The van der Waals surface area contributed by atoms with Crippen LogP contribution in [-0.2, 0) is 7.05 Å². The number of benzene rings is 1. The highest BCUT2D eigenvalue weighted by Crippen LogP contribution is 2.34. The fourth-order valence-corrected chi connectivity index (χ4v) is 3.04. The Morgan fingerprint density at radius 3 is 2.84 bits per heavy atom. The number of Topliss-reactive ketones (excluding diaryl/α,β-unsaturated/α-hetero) is 1. The van der Waals surface area contributed by atoms with E-state index in [4.69, 9.17) is 4.42 Å². The Hall–Kier alpha value is -1.84. The SMILES string of the molecule is CC1CCCC1C(=O)c1ccc2c(c1)oc(=O)n2C. The lowest BCUT2D eigenvalue weighted by Crippen LogP contribution is -2.17. The molecule has 2 aromatic rings. The van der Waals surface area contributed by atoms with Gasteiger partial charge in [-0.3, -0.25) is 9.36 Å². The number of aromatic nitrogens is 1. The van der Waals surface area contributed by atoms with E-state index in [9.17, 15) is 9.59 Å². The van der Waals surface area contributed by atoms with Crippen LogP contribution in [0, 0.1) is 11.8 Å². The molecule has 2 atom stereocenters. The average molecular weight is 259 g/mol. The standard InChI is InChI=1S/C15H17NO3/c1-9-4-3-5-11(9)14(17)10-6-7-12-13(8-10)19-15(18)16(12)2/h6-9,11H,3-5H2,1-2H3. The maximum atomic E-state index is 12.5. The minimum absolute atomic E-state index is 0.118. The monoisotopic (exact) mass is 259 g/mol. The first-order valence-corrected chi connectivity index (χ1v) is 6.71. The van der Waals surface area contributed by atoms with E-state index in [-0.39, 0.29) is 11.7 Å². The molecule has 1 saturated carbocycles. The summed E-state index contributed by atoms with van der Waals surface area (Å²) in [4.78, 5) is 23.9. The maximum absolute atomic E-state index is 12.5. The fraction of sp³-hybridized carbons (Fsp3) is 0.467. The lowest BCUT2D eigenvalue weighted by atomic mass is 9.89. The molecular weight excluding hydrogens is 242 g/mol. The van der Waals surface area contributed by atoms with E-state index in [0.717, 1.165) is 24.8 Å². The van der Waals surface area contributed by atoms with Gasteiger partial charge in [-0.25, -0.2) is 4.79 Å². The average Bonchev–Trinajstić information content (AvgIpc) is 2.93. The van der Waals surface area contributed by atoms with Crippen molar-refractivity contribution in [1.82, 2.24) is 4.57 Å². The van der Waals surface area contributed by atoms with Gasteiger partial charge in [-0.05, 0) is 37.0 Å². The van der Waals surface area contributed by atoms with Crippen LogP contribution in [0.5, 0.6) is 0 Å². The number of aryl methyl sites for hydroxylation is 1. The van der Waals surface area contributed by atoms with Gasteiger partial charge in [0, 0.05) is 18.5 Å². The quantitative estimate of drug-likeness (QED) is 0.779. The van der Waals surface area contributed by atoms with Gasteiger partial charge in [0.25, 0.3) is 0 Å². The van der Waals surface area contributed by atoms with Crippen molar-refractivity contribution in [2.75, 3.05) is 0 Å². The molecule has 4 heteroatoms. The topological polar surface area (TPSA) is 52.2 Å². The Balaban J connectivity index is 2.01. The van der Waals surface area contributed by atoms with Gasteiger partial charge in [0.15, 0.2) is 11.4 Å². The molecule has 0 spiro atoms. The molecule has 100 valence electrons. The molecule has 0 saturated heterocycles. The largest absolute Gasteiger partial charge is 0.419 e. The zero-order chi connectivity index (χ0) is 13.6. The summed E-state index contributed by atoms with van der Waals surface area (Å²) in [5.41, 5.74) is 1.87. The fourth-order valence-electron chi connectivity index (χ4n) is 3.04. The summed E-state index contributed by atoms with van der Waals surface area (Å²) in [7, 11) is 1.66. The van der Waals surface area contributed by atoms with E-state index in [1.807, 2.05) is 0 Å². The van der Waals surface area contributed by atoms with Gasteiger partial charge in [-0.2, -0.15) is 0 Å². The second kappa shape index (κ2) is 4.37. The molecule has 1 aliphatic rings. The minimum Gasteiger partial charge on any atom is -0.408 e. The van der Waals surface area contributed by atoms with Crippen molar-refractivity contribution in [1.29, 1.82) is 0 Å². The third-order valence-corrected chi connectivity index (χ3v) is 4.28. The molecule has 1 aromatic carbocycles. The van der Waals surface area contributed by atoms with Crippen molar-refractivity contribution in [3.63, 3.8) is 0 Å². The van der Waals surface area contributed by atoms with Gasteiger partial charge in [0.2, 0.25) is 0 Å². The van der Waals surface area contributed by atoms with Crippen molar-refractivity contribution in [3.05, 3.63) is 34.3 Å². The molecule has 0 aliphatic heterocycles. The highest BCUT2D eigenvalue weighted by molar-refractivity contribution is 6.00. The first-order valence-electron chi connectivity index (χ1n) is 6.71. The van der Waals surface area contributed by atoms with Gasteiger partial charge in [0.05, 0.1) is 5.52 Å². The summed E-state index contributed by atoms with van der Waals surface area (Å²) in [5, 5.41) is 0. The lowest BCUT2D eigenvalue weighted by Gasteiger charge is -2.13. The molecule has 0 radical (unpaired) electrons. The number of hydrogen-bond donors (Lipinski definition) is 0. The summed E-state index contributed by atoms with van der Waals surface area (Å²) in [6.45, 7) is 2.14. The zero-order valence-electron chi connectivity index (χ0n) is 11.2. The van der Waals surface area contributed by atoms with E-state index in [1.165, 1.54) is 4.57 Å². The van der Waals surface area contributed by atoms with E-state index in [2.05, 4.69) is 6.92 Å². The van der Waals surface area contributed by atoms with Crippen LogP contribution in [0.2, 0.25) is 0 Å². The molecular formula is C15H17NO3. The summed E-state index contributed by atoms with van der Waals surface area (Å²) >= 11 is 0. The van der Waals surface area contributed by atoms with Crippen LogP contribution in [0.4, 0.5) is 0 Å². The molecule has 2 unspecified atom stereocenters. The number of ketones is 1. The zero-order valence-corrected chi connectivity index (χ0v) is 11.2. The smallest absolute Gasteiger partial charge is 0.408 e. The molecule has 0 N–H and O–H groups in total. The van der Waals surface area contributed by atoms with Gasteiger partial charge >= 0.3 is 5.76 Å². The number of nitrogens with zero attached hydrogens (tertiary/aromatic N) is 1. The molecule has 0 bridgehead atoms. The van der Waals surface area contributed by atoms with E-state index < -0.39 is 5.76 Å². The van der Waals surface area contributed by atoms with E-state index >= 15 is 0 Å². The number of oxazole rings is 1. The van der Waals surface area contributed by atoms with E-state index in [0.29, 0.717) is 17.1 Å². The predicted octanol–water partition coefficient (Wildman–Crippen LogP) is 2.75. The number of rotatable bonds is 2. The molecule has 1 aromatic heterocycles. The number of fused-ring (bicyclic) bond motifs is 1. The molecule has 3 rings (SSSR count). The summed E-state index contributed by atoms with van der Waals surface area (Å²) in [6, 6.07) is 5.28. The van der Waals surface area contributed by atoms with Crippen molar-refractivity contribution >= 4 is 16.9 Å². The van der Waals surface area contributed by atoms with Crippen LogP contribution >= 0.6 is 0 Å². The predicted molar refractivity (Wildman–Crippen MR) is 72.3 cm³/mol. The second-order valence-corrected chi connectivity index (χ2v) is 5.49. The molecule has 0 amide bonds. The van der Waals surface area contributed by atoms with Crippen LogP contribution in [0.1, 0.15) is 36.5 Å². The molecule has 19 heavy (non-hydrogen) atoms. The van der Waals surface area contributed by atoms with Gasteiger partial charge in [0.1, 0.15) is 0 Å². The van der Waals surface area contributed by atoms with Gasteiger partial charge in [-0.1, -0.05) is 13.3 Å². The third kappa shape index (κ3) is 1.91.